The summed E-state index contributed by atoms with van der Waals surface area (Å²) in [6.07, 6.45) is 8.12. The highest BCUT2D eigenvalue weighted by molar-refractivity contribution is 4.89. The zero-order valence-electron chi connectivity index (χ0n) is 12.3. The SMILES string of the molecule is CCN1CCCC(N2C(C)CCCC2CN)CC1. The molecule has 0 aromatic carbocycles. The number of hydrogen-bond donors (Lipinski definition) is 1. The molecule has 106 valence electrons. The van der Waals surface area contributed by atoms with Crippen LogP contribution in [0.15, 0.2) is 0 Å². The first-order valence-corrected chi connectivity index (χ1v) is 7.96. The van der Waals surface area contributed by atoms with Gasteiger partial charge in [0.05, 0.1) is 0 Å². The van der Waals surface area contributed by atoms with E-state index in [2.05, 4.69) is 23.6 Å². The fourth-order valence-corrected chi connectivity index (χ4v) is 3.96. The van der Waals surface area contributed by atoms with Gasteiger partial charge in [0.25, 0.3) is 0 Å². The maximum absolute atomic E-state index is 6.00. The Hall–Kier alpha value is -0.120. The molecule has 0 spiro atoms. The lowest BCUT2D eigenvalue weighted by atomic mass is 9.92. The minimum Gasteiger partial charge on any atom is -0.329 e. The van der Waals surface area contributed by atoms with Crippen LogP contribution >= 0.6 is 0 Å². The highest BCUT2D eigenvalue weighted by Crippen LogP contribution is 2.29. The smallest absolute Gasteiger partial charge is 0.0224 e. The summed E-state index contributed by atoms with van der Waals surface area (Å²) in [6.45, 7) is 9.32. The fourth-order valence-electron chi connectivity index (χ4n) is 3.96. The molecule has 0 aromatic rings. The molecule has 3 unspecified atom stereocenters. The molecular formula is C15H31N3. The van der Waals surface area contributed by atoms with Gasteiger partial charge >= 0.3 is 0 Å². The molecule has 0 radical (unpaired) electrons. The standard InChI is InChI=1S/C15H31N3/c1-3-17-10-5-8-14(9-11-17)18-13(2)6-4-7-15(18)12-16/h13-15H,3-12,16H2,1-2H3. The minimum absolute atomic E-state index is 0.645. The second-order valence-electron chi connectivity index (χ2n) is 6.14. The van der Waals surface area contributed by atoms with Crippen LogP contribution < -0.4 is 5.73 Å². The van der Waals surface area contributed by atoms with Crippen molar-refractivity contribution in [2.75, 3.05) is 26.2 Å². The molecule has 0 aromatic heterocycles. The number of piperidine rings is 1. The molecule has 2 saturated heterocycles. The molecule has 18 heavy (non-hydrogen) atoms. The molecule has 2 fully saturated rings. The van der Waals surface area contributed by atoms with Crippen molar-refractivity contribution in [3.8, 4) is 0 Å². The molecule has 2 rings (SSSR count). The Balaban J connectivity index is 1.99. The molecule has 0 aliphatic carbocycles. The number of hydrogen-bond acceptors (Lipinski definition) is 3. The van der Waals surface area contributed by atoms with Crippen molar-refractivity contribution >= 4 is 0 Å². The average Bonchev–Trinajstić information content (AvgIpc) is 2.63. The van der Waals surface area contributed by atoms with Crippen LogP contribution in [0.2, 0.25) is 0 Å². The van der Waals surface area contributed by atoms with Gasteiger partial charge in [-0.2, -0.15) is 0 Å². The van der Waals surface area contributed by atoms with Crippen LogP contribution in [0.4, 0.5) is 0 Å². The van der Waals surface area contributed by atoms with E-state index in [0.29, 0.717) is 6.04 Å². The van der Waals surface area contributed by atoms with E-state index in [1.54, 1.807) is 0 Å². The van der Waals surface area contributed by atoms with E-state index in [4.69, 9.17) is 5.73 Å². The van der Waals surface area contributed by atoms with Gasteiger partial charge in [-0.1, -0.05) is 13.3 Å². The molecule has 2 aliphatic rings. The molecule has 3 atom stereocenters. The molecule has 0 amide bonds. The number of rotatable bonds is 3. The molecule has 0 bridgehead atoms. The van der Waals surface area contributed by atoms with Crippen molar-refractivity contribution in [2.24, 2.45) is 5.73 Å². The Morgan fingerprint density at radius 1 is 1.06 bits per heavy atom. The van der Waals surface area contributed by atoms with E-state index < -0.39 is 0 Å². The molecular weight excluding hydrogens is 222 g/mol. The first-order chi connectivity index (χ1) is 8.76. The fraction of sp³-hybridized carbons (Fsp3) is 1.00. The summed E-state index contributed by atoms with van der Waals surface area (Å²) >= 11 is 0. The Labute approximate surface area is 113 Å². The molecule has 3 nitrogen and oxygen atoms in total. The van der Waals surface area contributed by atoms with Crippen LogP contribution in [-0.4, -0.2) is 54.1 Å². The maximum Gasteiger partial charge on any atom is 0.0224 e. The quantitative estimate of drug-likeness (QED) is 0.835. The summed E-state index contributed by atoms with van der Waals surface area (Å²) < 4.78 is 0. The topological polar surface area (TPSA) is 32.5 Å². The summed E-state index contributed by atoms with van der Waals surface area (Å²) in [4.78, 5) is 5.38. The van der Waals surface area contributed by atoms with Crippen LogP contribution in [0.3, 0.4) is 0 Å². The van der Waals surface area contributed by atoms with Gasteiger partial charge < -0.3 is 10.6 Å². The van der Waals surface area contributed by atoms with Crippen LogP contribution in [-0.2, 0) is 0 Å². The van der Waals surface area contributed by atoms with Gasteiger partial charge in [-0.05, 0) is 58.7 Å². The molecule has 0 saturated carbocycles. The first-order valence-electron chi connectivity index (χ1n) is 7.96. The maximum atomic E-state index is 6.00. The predicted molar refractivity (Wildman–Crippen MR) is 77.7 cm³/mol. The molecule has 2 heterocycles. The third-order valence-corrected chi connectivity index (χ3v) is 5.02. The lowest BCUT2D eigenvalue weighted by Gasteiger charge is -2.45. The van der Waals surface area contributed by atoms with Crippen molar-refractivity contribution < 1.29 is 0 Å². The van der Waals surface area contributed by atoms with Crippen LogP contribution in [0.5, 0.6) is 0 Å². The zero-order chi connectivity index (χ0) is 13.0. The van der Waals surface area contributed by atoms with Crippen LogP contribution in [0.1, 0.15) is 52.4 Å². The van der Waals surface area contributed by atoms with Crippen molar-refractivity contribution in [1.82, 2.24) is 9.80 Å². The van der Waals surface area contributed by atoms with Crippen molar-refractivity contribution in [1.29, 1.82) is 0 Å². The zero-order valence-corrected chi connectivity index (χ0v) is 12.3. The summed E-state index contributed by atoms with van der Waals surface area (Å²) in [5.74, 6) is 0. The van der Waals surface area contributed by atoms with Crippen LogP contribution in [0.25, 0.3) is 0 Å². The Morgan fingerprint density at radius 3 is 2.61 bits per heavy atom. The summed E-state index contributed by atoms with van der Waals surface area (Å²) in [6, 6.07) is 2.17. The molecule has 2 aliphatic heterocycles. The van der Waals surface area contributed by atoms with E-state index in [9.17, 15) is 0 Å². The van der Waals surface area contributed by atoms with E-state index in [0.717, 1.165) is 18.6 Å². The normalized spacial score (nSPS) is 36.5. The van der Waals surface area contributed by atoms with Gasteiger partial charge in [0.15, 0.2) is 0 Å². The second-order valence-corrected chi connectivity index (χ2v) is 6.14. The highest BCUT2D eigenvalue weighted by atomic mass is 15.2. The van der Waals surface area contributed by atoms with Crippen molar-refractivity contribution in [3.63, 3.8) is 0 Å². The van der Waals surface area contributed by atoms with Crippen molar-refractivity contribution in [2.45, 2.75) is 70.5 Å². The van der Waals surface area contributed by atoms with Crippen molar-refractivity contribution in [3.05, 3.63) is 0 Å². The average molecular weight is 253 g/mol. The second kappa shape index (κ2) is 6.88. The number of likely N-dealkylation sites (tertiary alicyclic amines) is 2. The molecule has 2 N–H and O–H groups in total. The highest BCUT2D eigenvalue weighted by Gasteiger charge is 2.33. The minimum atomic E-state index is 0.645. The Bertz CT molecular complexity index is 244. The predicted octanol–water partition coefficient (Wildman–Crippen LogP) is 2.06. The Morgan fingerprint density at radius 2 is 1.89 bits per heavy atom. The van der Waals surface area contributed by atoms with E-state index in [1.165, 1.54) is 58.2 Å². The van der Waals surface area contributed by atoms with Gasteiger partial charge in [-0.25, -0.2) is 0 Å². The van der Waals surface area contributed by atoms with Gasteiger partial charge in [-0.15, -0.1) is 0 Å². The third kappa shape index (κ3) is 3.25. The third-order valence-electron chi connectivity index (χ3n) is 5.02. The van der Waals surface area contributed by atoms with Crippen LogP contribution in [0, 0.1) is 0 Å². The largest absolute Gasteiger partial charge is 0.329 e. The lowest BCUT2D eigenvalue weighted by molar-refractivity contribution is 0.0431. The van der Waals surface area contributed by atoms with Gasteiger partial charge in [-0.3, -0.25) is 4.90 Å². The van der Waals surface area contributed by atoms with Gasteiger partial charge in [0.2, 0.25) is 0 Å². The van der Waals surface area contributed by atoms with Gasteiger partial charge in [0, 0.05) is 24.7 Å². The van der Waals surface area contributed by atoms with E-state index in [1.807, 2.05) is 0 Å². The molecule has 3 heteroatoms. The Kier molecular flexibility index (Phi) is 5.46. The number of nitrogens with zero attached hydrogens (tertiary/aromatic N) is 2. The monoisotopic (exact) mass is 253 g/mol. The lowest BCUT2D eigenvalue weighted by Crippen LogP contribution is -2.53. The summed E-state index contributed by atoms with van der Waals surface area (Å²) in [5.41, 5.74) is 6.00. The summed E-state index contributed by atoms with van der Waals surface area (Å²) in [5, 5.41) is 0. The van der Waals surface area contributed by atoms with E-state index >= 15 is 0 Å². The first kappa shape index (κ1) is 14.3. The summed E-state index contributed by atoms with van der Waals surface area (Å²) in [7, 11) is 0. The number of nitrogens with two attached hydrogens (primary N) is 1. The van der Waals surface area contributed by atoms with E-state index in [-0.39, 0.29) is 0 Å². The van der Waals surface area contributed by atoms with Gasteiger partial charge in [0.1, 0.15) is 0 Å².